The van der Waals surface area contributed by atoms with Gasteiger partial charge in [0.1, 0.15) is 5.82 Å². The molecule has 3 aliphatic rings. The van der Waals surface area contributed by atoms with E-state index in [1.807, 2.05) is 4.90 Å². The van der Waals surface area contributed by atoms with Crippen molar-refractivity contribution in [3.8, 4) is 0 Å². The molecular weight excluding hydrogens is 338 g/mol. The van der Waals surface area contributed by atoms with Gasteiger partial charge in [0.2, 0.25) is 5.82 Å². The smallest absolute Gasteiger partial charge is 0.291 e. The van der Waals surface area contributed by atoms with Crippen molar-refractivity contribution in [2.75, 3.05) is 26.2 Å². The summed E-state index contributed by atoms with van der Waals surface area (Å²) in [5.74, 6) is 1.65. The van der Waals surface area contributed by atoms with Crippen molar-refractivity contribution >= 4 is 5.91 Å². The van der Waals surface area contributed by atoms with Gasteiger partial charge in [0.25, 0.3) is 5.91 Å². The molecule has 3 aliphatic heterocycles. The zero-order valence-electron chi connectivity index (χ0n) is 15.8. The van der Waals surface area contributed by atoms with Crippen molar-refractivity contribution in [3.05, 3.63) is 47.5 Å². The van der Waals surface area contributed by atoms with Gasteiger partial charge in [-0.25, -0.2) is 0 Å². The molecule has 6 nitrogen and oxygen atoms in total. The Labute approximate surface area is 160 Å². The van der Waals surface area contributed by atoms with E-state index < -0.39 is 0 Å². The van der Waals surface area contributed by atoms with Crippen LogP contribution in [0.15, 0.2) is 30.3 Å². The fourth-order valence-corrected chi connectivity index (χ4v) is 4.94. The molecule has 0 atom stereocenters. The summed E-state index contributed by atoms with van der Waals surface area (Å²) in [6, 6.07) is 10.7. The van der Waals surface area contributed by atoms with Crippen molar-refractivity contribution in [2.24, 2.45) is 5.41 Å². The van der Waals surface area contributed by atoms with Crippen LogP contribution >= 0.6 is 0 Å². The second kappa shape index (κ2) is 6.75. The molecule has 6 heteroatoms. The number of carbonyl (C=O) groups excluding carboxylic acids is 1. The molecule has 4 heterocycles. The Balaban J connectivity index is 1.24. The van der Waals surface area contributed by atoms with Crippen LogP contribution in [0.25, 0.3) is 0 Å². The predicted octanol–water partition coefficient (Wildman–Crippen LogP) is 2.35. The van der Waals surface area contributed by atoms with Crippen molar-refractivity contribution in [1.82, 2.24) is 24.6 Å². The Bertz CT molecular complexity index is 816. The molecule has 2 fully saturated rings. The van der Waals surface area contributed by atoms with Crippen LogP contribution in [0.5, 0.6) is 0 Å². The molecule has 5 rings (SSSR count). The summed E-state index contributed by atoms with van der Waals surface area (Å²) in [4.78, 5) is 17.3. The molecule has 0 aliphatic carbocycles. The van der Waals surface area contributed by atoms with Gasteiger partial charge in [-0.1, -0.05) is 30.3 Å². The number of amides is 1. The van der Waals surface area contributed by atoms with Gasteiger partial charge in [-0.05, 0) is 49.8 Å². The van der Waals surface area contributed by atoms with Gasteiger partial charge in [-0.15, -0.1) is 10.2 Å². The van der Waals surface area contributed by atoms with Crippen LogP contribution in [0.2, 0.25) is 0 Å². The lowest BCUT2D eigenvalue weighted by Gasteiger charge is -2.39. The number of carbonyl (C=O) groups is 1. The molecule has 0 unspecified atom stereocenters. The third-order valence-corrected chi connectivity index (χ3v) is 6.60. The average molecular weight is 365 g/mol. The molecule has 1 spiro atoms. The lowest BCUT2D eigenvalue weighted by molar-refractivity contribution is 0.0760. The zero-order chi connectivity index (χ0) is 18.3. The number of piperidine rings is 1. The Hall–Kier alpha value is -2.21. The summed E-state index contributed by atoms with van der Waals surface area (Å²) in [7, 11) is 0. The second-order valence-electron chi connectivity index (χ2n) is 8.46. The number of hydrogen-bond donors (Lipinski definition) is 0. The van der Waals surface area contributed by atoms with E-state index in [0.717, 1.165) is 64.4 Å². The van der Waals surface area contributed by atoms with Gasteiger partial charge in [0.05, 0.1) is 0 Å². The molecule has 0 N–H and O–H groups in total. The van der Waals surface area contributed by atoms with E-state index >= 15 is 0 Å². The number of nitrogens with zero attached hydrogens (tertiary/aromatic N) is 5. The molecule has 2 saturated heterocycles. The van der Waals surface area contributed by atoms with Crippen molar-refractivity contribution in [3.63, 3.8) is 0 Å². The maximum Gasteiger partial charge on any atom is 0.291 e. The number of rotatable bonds is 3. The lowest BCUT2D eigenvalue weighted by Crippen LogP contribution is -2.41. The molecule has 1 aromatic carbocycles. The number of aromatic nitrogens is 3. The Morgan fingerprint density at radius 2 is 1.74 bits per heavy atom. The fraction of sp³-hybridized carbons (Fsp3) is 0.571. The maximum atomic E-state index is 12.8. The van der Waals surface area contributed by atoms with Crippen LogP contribution in [-0.2, 0) is 19.5 Å². The van der Waals surface area contributed by atoms with Crippen LogP contribution in [0, 0.1) is 5.41 Å². The molecule has 2 aromatic rings. The minimum absolute atomic E-state index is 0.0739. The van der Waals surface area contributed by atoms with Crippen molar-refractivity contribution < 1.29 is 4.79 Å². The first kappa shape index (κ1) is 16.9. The summed E-state index contributed by atoms with van der Waals surface area (Å²) in [5.41, 5.74) is 1.65. The van der Waals surface area contributed by atoms with Gasteiger partial charge in [-0.3, -0.25) is 9.69 Å². The Morgan fingerprint density at radius 1 is 1.00 bits per heavy atom. The van der Waals surface area contributed by atoms with Crippen LogP contribution < -0.4 is 0 Å². The second-order valence-corrected chi connectivity index (χ2v) is 8.46. The Morgan fingerprint density at radius 3 is 2.48 bits per heavy atom. The fourth-order valence-electron chi connectivity index (χ4n) is 4.94. The summed E-state index contributed by atoms with van der Waals surface area (Å²) < 4.78 is 2.12. The van der Waals surface area contributed by atoms with Crippen LogP contribution in [0.1, 0.15) is 47.7 Å². The molecule has 0 bridgehead atoms. The standard InChI is InChI=1S/C21H27N5O/c27-20(25-10-4-5-11-25)19-23-22-18-14-21(16-26(18)19)8-12-24(13-9-21)15-17-6-2-1-3-7-17/h1-3,6-7H,4-5,8-16H2. The van der Waals surface area contributed by atoms with E-state index in [-0.39, 0.29) is 11.3 Å². The van der Waals surface area contributed by atoms with Crippen molar-refractivity contribution in [2.45, 2.75) is 45.2 Å². The van der Waals surface area contributed by atoms with Gasteiger partial charge in [0, 0.05) is 32.6 Å². The SMILES string of the molecule is O=C(c1nnc2n1CC1(CCN(Cc3ccccc3)CC1)C2)N1CCCC1. The summed E-state index contributed by atoms with van der Waals surface area (Å²) in [6.45, 7) is 5.89. The van der Waals surface area contributed by atoms with Crippen LogP contribution in [0.3, 0.4) is 0 Å². The van der Waals surface area contributed by atoms with Gasteiger partial charge in [-0.2, -0.15) is 0 Å². The lowest BCUT2D eigenvalue weighted by atomic mass is 9.77. The first-order chi connectivity index (χ1) is 13.2. The predicted molar refractivity (Wildman–Crippen MR) is 102 cm³/mol. The highest BCUT2D eigenvalue weighted by Gasteiger charge is 2.43. The molecular formula is C21H27N5O. The minimum atomic E-state index is 0.0739. The van der Waals surface area contributed by atoms with Crippen LogP contribution in [-0.4, -0.2) is 56.7 Å². The highest BCUT2D eigenvalue weighted by molar-refractivity contribution is 5.91. The quantitative estimate of drug-likeness (QED) is 0.838. The molecule has 0 saturated carbocycles. The Kier molecular flexibility index (Phi) is 4.23. The van der Waals surface area contributed by atoms with E-state index in [9.17, 15) is 4.79 Å². The highest BCUT2D eigenvalue weighted by atomic mass is 16.2. The van der Waals surface area contributed by atoms with E-state index in [0.29, 0.717) is 5.82 Å². The third kappa shape index (κ3) is 3.16. The minimum Gasteiger partial charge on any atom is -0.336 e. The zero-order valence-corrected chi connectivity index (χ0v) is 15.8. The summed E-state index contributed by atoms with van der Waals surface area (Å²) >= 11 is 0. The highest BCUT2D eigenvalue weighted by Crippen LogP contribution is 2.41. The largest absolute Gasteiger partial charge is 0.336 e. The number of hydrogen-bond acceptors (Lipinski definition) is 4. The number of benzene rings is 1. The van der Waals surface area contributed by atoms with Gasteiger partial charge in [0.15, 0.2) is 0 Å². The van der Waals surface area contributed by atoms with E-state index in [4.69, 9.17) is 0 Å². The van der Waals surface area contributed by atoms with Crippen molar-refractivity contribution in [1.29, 1.82) is 0 Å². The maximum absolute atomic E-state index is 12.8. The third-order valence-electron chi connectivity index (χ3n) is 6.60. The molecule has 1 amide bonds. The molecule has 27 heavy (non-hydrogen) atoms. The van der Waals surface area contributed by atoms with E-state index in [1.165, 1.54) is 18.4 Å². The number of fused-ring (bicyclic) bond motifs is 1. The summed E-state index contributed by atoms with van der Waals surface area (Å²) in [6.07, 6.45) is 5.51. The van der Waals surface area contributed by atoms with Gasteiger partial charge < -0.3 is 9.47 Å². The van der Waals surface area contributed by atoms with E-state index in [2.05, 4.69) is 50.0 Å². The molecule has 0 radical (unpaired) electrons. The topological polar surface area (TPSA) is 54.3 Å². The van der Waals surface area contributed by atoms with Crippen LogP contribution in [0.4, 0.5) is 0 Å². The monoisotopic (exact) mass is 365 g/mol. The first-order valence-corrected chi connectivity index (χ1v) is 10.2. The van der Waals surface area contributed by atoms with Gasteiger partial charge >= 0.3 is 0 Å². The molecule has 1 aromatic heterocycles. The summed E-state index contributed by atoms with van der Waals surface area (Å²) in [5, 5.41) is 8.62. The molecule has 142 valence electrons. The first-order valence-electron chi connectivity index (χ1n) is 10.2. The van der Waals surface area contributed by atoms with E-state index in [1.54, 1.807) is 0 Å². The average Bonchev–Trinajstić information content (AvgIpc) is 3.41. The normalized spacial score (nSPS) is 21.7. The number of likely N-dealkylation sites (tertiary alicyclic amines) is 2.